The Hall–Kier alpha value is -0.799. The first-order chi connectivity index (χ1) is 8.38. The average molecular weight is 347 g/mol. The van der Waals surface area contributed by atoms with Gasteiger partial charge >= 0.3 is 21.7 Å². The summed E-state index contributed by atoms with van der Waals surface area (Å²) in [7, 11) is 0. The number of nitrogens with one attached hydrogen (secondary N) is 1. The molecule has 0 bridgehead atoms. The van der Waals surface area contributed by atoms with Crippen LogP contribution in [-0.4, -0.2) is 16.5 Å². The summed E-state index contributed by atoms with van der Waals surface area (Å²) in [6.45, 7) is 12.3. The zero-order valence-electron chi connectivity index (χ0n) is 14.6. The van der Waals surface area contributed by atoms with Crippen LogP contribution in [0.15, 0.2) is 67.8 Å². The Morgan fingerprint density at radius 1 is 1.00 bits per heavy atom. The van der Waals surface area contributed by atoms with Gasteiger partial charge in [-0.1, -0.05) is 52.1 Å². The first-order valence-corrected chi connectivity index (χ1v) is 5.97. The van der Waals surface area contributed by atoms with Crippen LogP contribution < -0.4 is 0 Å². The van der Waals surface area contributed by atoms with Gasteiger partial charge in [-0.3, -0.25) is 0 Å². The van der Waals surface area contributed by atoms with Gasteiger partial charge < -0.3 is 20.6 Å². The molecule has 2 aromatic carbocycles. The van der Waals surface area contributed by atoms with Crippen molar-refractivity contribution in [2.24, 2.45) is 0 Å². The van der Waals surface area contributed by atoms with Crippen molar-refractivity contribution in [2.45, 2.75) is 26.3 Å². The van der Waals surface area contributed by atoms with Gasteiger partial charge in [-0.05, 0) is 0 Å². The Bertz CT molecular complexity index is 427. The van der Waals surface area contributed by atoms with Crippen LogP contribution in [0.2, 0.25) is 0 Å². The fourth-order valence-corrected chi connectivity index (χ4v) is 1.07. The molecule has 0 fully saturated rings. The van der Waals surface area contributed by atoms with Crippen LogP contribution in [-0.2, 0) is 21.7 Å². The minimum Gasteiger partial charge on any atom is -0.673 e. The maximum atomic E-state index is 6.94. The second-order valence-electron chi connectivity index (χ2n) is 4.88. The molecule has 0 aliphatic rings. The second kappa shape index (κ2) is 18.3. The molecular formula is C19H29NSiTi. The first kappa shape index (κ1) is 33.0. The maximum Gasteiger partial charge on any atom is 4.00 e. The molecule has 0 aliphatic heterocycles. The number of hydrogen-bond donors (Lipinski definition) is 0. The predicted octanol–water partition coefficient (Wildman–Crippen LogP) is 6.27. The van der Waals surface area contributed by atoms with E-state index in [9.17, 15) is 0 Å². The molecule has 2 aromatic rings. The normalized spacial score (nSPS) is 7.82. The fourth-order valence-electron chi connectivity index (χ4n) is 1.07. The van der Waals surface area contributed by atoms with Crippen molar-refractivity contribution in [1.82, 2.24) is 0 Å². The van der Waals surface area contributed by atoms with Crippen LogP contribution in [0, 0.1) is 14.9 Å². The molecule has 0 heterocycles. The molecule has 118 valence electrons. The number of allylic oxidation sites excluding steroid dienone is 2. The van der Waals surface area contributed by atoms with Crippen molar-refractivity contribution in [3.8, 4) is 0 Å². The van der Waals surface area contributed by atoms with Gasteiger partial charge in [0.25, 0.3) is 0 Å². The van der Waals surface area contributed by atoms with E-state index >= 15 is 0 Å². The van der Waals surface area contributed by atoms with Crippen LogP contribution in [0.4, 0.5) is 0 Å². The van der Waals surface area contributed by atoms with Gasteiger partial charge in [0.05, 0.1) is 0 Å². The third kappa shape index (κ3) is 21.5. The van der Waals surface area contributed by atoms with Crippen LogP contribution >= 0.6 is 0 Å². The van der Waals surface area contributed by atoms with E-state index in [2.05, 4.69) is 55.6 Å². The Morgan fingerprint density at radius 2 is 1.41 bits per heavy atom. The molecule has 0 aromatic heterocycles. The molecule has 4 radical (unpaired) electrons. The Labute approximate surface area is 158 Å². The summed E-state index contributed by atoms with van der Waals surface area (Å²) in [5.74, 6) is 0. The van der Waals surface area contributed by atoms with Gasteiger partial charge in [0.15, 0.2) is 0 Å². The monoisotopic (exact) mass is 347 g/mol. The summed E-state index contributed by atoms with van der Waals surface area (Å²) in [5, 5.41) is 2.66. The summed E-state index contributed by atoms with van der Waals surface area (Å²) in [5.41, 5.74) is 6.69. The van der Waals surface area contributed by atoms with Crippen LogP contribution in [0.5, 0.6) is 0 Å². The molecule has 2 rings (SSSR count). The van der Waals surface area contributed by atoms with Gasteiger partial charge in [0.2, 0.25) is 0 Å². The number of hydrogen-bond acceptors (Lipinski definition) is 0. The van der Waals surface area contributed by atoms with E-state index in [0.717, 1.165) is 0 Å². The third-order valence-corrected chi connectivity index (χ3v) is 1.71. The largest absolute Gasteiger partial charge is 4.00 e. The molecule has 0 aliphatic carbocycles. The molecule has 0 unspecified atom stereocenters. The zero-order valence-corrected chi connectivity index (χ0v) is 17.2. The molecule has 22 heavy (non-hydrogen) atoms. The van der Waals surface area contributed by atoms with E-state index in [1.165, 1.54) is 10.8 Å². The quantitative estimate of drug-likeness (QED) is 0.330. The van der Waals surface area contributed by atoms with Gasteiger partial charge in [0, 0.05) is 11.0 Å². The predicted molar refractivity (Wildman–Crippen MR) is 103 cm³/mol. The summed E-state index contributed by atoms with van der Waals surface area (Å²) in [6, 6.07) is 14.7. The fraction of sp³-hybridized carbons (Fsp3) is 0.211. The first-order valence-electron chi connectivity index (χ1n) is 5.97. The Morgan fingerprint density at radius 3 is 1.77 bits per heavy atom. The van der Waals surface area contributed by atoms with Crippen LogP contribution in [0.1, 0.15) is 20.8 Å². The average Bonchev–Trinajstić information content (AvgIpc) is 2.75. The third-order valence-electron chi connectivity index (χ3n) is 1.71. The van der Waals surface area contributed by atoms with Gasteiger partial charge in [-0.2, -0.15) is 17.5 Å². The van der Waals surface area contributed by atoms with E-state index in [4.69, 9.17) is 5.73 Å². The van der Waals surface area contributed by atoms with E-state index in [0.29, 0.717) is 0 Å². The topological polar surface area (TPSA) is 23.8 Å². The Balaban J connectivity index is -0.0000000664. The van der Waals surface area contributed by atoms with Gasteiger partial charge in [-0.15, -0.1) is 35.2 Å². The smallest absolute Gasteiger partial charge is 0.673 e. The van der Waals surface area contributed by atoms with Crippen molar-refractivity contribution >= 4 is 21.7 Å². The molecule has 3 heteroatoms. The van der Waals surface area contributed by atoms with Crippen molar-refractivity contribution in [3.63, 3.8) is 0 Å². The van der Waals surface area contributed by atoms with Crippen LogP contribution in [0.25, 0.3) is 16.5 Å². The van der Waals surface area contributed by atoms with Crippen molar-refractivity contribution in [1.29, 1.82) is 0 Å². The Kier molecular flexibility index (Phi) is 27.3. The molecule has 0 saturated heterocycles. The van der Waals surface area contributed by atoms with E-state index in [1.807, 2.05) is 20.8 Å². The minimum atomic E-state index is -0.250. The summed E-state index contributed by atoms with van der Waals surface area (Å²) < 4.78 is 0. The van der Waals surface area contributed by atoms with Gasteiger partial charge in [-0.25, -0.2) is 0 Å². The van der Waals surface area contributed by atoms with Crippen molar-refractivity contribution in [2.75, 3.05) is 0 Å². The van der Waals surface area contributed by atoms with E-state index in [1.54, 1.807) is 12.2 Å². The van der Waals surface area contributed by atoms with Crippen molar-refractivity contribution in [3.05, 3.63) is 88.4 Å². The molecule has 0 spiro atoms. The van der Waals surface area contributed by atoms with E-state index < -0.39 is 0 Å². The molecule has 1 N–H and O–H groups in total. The molecule has 1 nitrogen and oxygen atoms in total. The second-order valence-corrected chi connectivity index (χ2v) is 4.88. The summed E-state index contributed by atoms with van der Waals surface area (Å²) >= 11 is 0. The summed E-state index contributed by atoms with van der Waals surface area (Å²) in [4.78, 5) is 0. The number of benzene rings is 1. The van der Waals surface area contributed by atoms with Crippen LogP contribution in [0.3, 0.4) is 0 Å². The van der Waals surface area contributed by atoms with Gasteiger partial charge in [0.1, 0.15) is 0 Å². The zero-order chi connectivity index (χ0) is 14.0. The molecule has 0 saturated carbocycles. The van der Waals surface area contributed by atoms with Crippen molar-refractivity contribution < 1.29 is 21.7 Å². The summed E-state index contributed by atoms with van der Waals surface area (Å²) in [6.07, 6.45) is 3.28. The maximum absolute atomic E-state index is 6.94. The number of fused-ring (bicyclic) bond motifs is 1. The number of rotatable bonds is 1. The SMILES string of the molecule is C=CC=C.CC(C)(C)[NH-].[CH3-].[CH3-].[Si].[Ti+4].c1ccc2[cH-]ccc2c1. The molecule has 0 atom stereocenters. The standard InChI is InChI=1S/C9H7.C4H10N.C4H6.2CH3.Si.Ti/c1-2-5-9-7-3-6-8(9)4-1;1-4(2,3)5;1-3-4-2;;;;/h1-7H;5H,1-3H3;3-4H,1-2H2;2*1H3;;/q2*-1;;2*-1;;+4. The molecular weight excluding hydrogens is 318 g/mol. The van der Waals surface area contributed by atoms with E-state index in [-0.39, 0.29) is 53.1 Å². The molecule has 0 amide bonds. The minimum absolute atomic E-state index is 0.